The molecule has 4 rings (SSSR count). The number of likely N-dealkylation sites (tertiary alicyclic amines) is 1. The molecule has 0 unspecified atom stereocenters. The van der Waals surface area contributed by atoms with Crippen molar-refractivity contribution in [2.24, 2.45) is 11.8 Å². The number of halogens is 1. The van der Waals surface area contributed by atoms with Crippen molar-refractivity contribution < 1.29 is 9.90 Å². The first-order valence-corrected chi connectivity index (χ1v) is 10.4. The van der Waals surface area contributed by atoms with E-state index in [1.807, 2.05) is 6.07 Å². The highest BCUT2D eigenvalue weighted by atomic mass is 35.5. The van der Waals surface area contributed by atoms with E-state index in [4.69, 9.17) is 5.11 Å². The molecule has 0 radical (unpaired) electrons. The molecule has 0 spiro atoms. The maximum Gasteiger partial charge on any atom is 0.354 e. The molecule has 1 aliphatic carbocycles. The van der Waals surface area contributed by atoms with E-state index in [0.29, 0.717) is 0 Å². The molecule has 1 aromatic heterocycles. The van der Waals surface area contributed by atoms with Gasteiger partial charge in [-0.3, -0.25) is 0 Å². The van der Waals surface area contributed by atoms with Gasteiger partial charge in [0.1, 0.15) is 5.69 Å². The summed E-state index contributed by atoms with van der Waals surface area (Å²) in [6.07, 6.45) is 12.7. The molecular formula is C21H32ClN3O2. The van der Waals surface area contributed by atoms with E-state index in [2.05, 4.69) is 14.8 Å². The maximum atomic E-state index is 10.9. The highest BCUT2D eigenvalue weighted by Crippen LogP contribution is 2.34. The normalized spacial score (nSPS) is 22.9. The van der Waals surface area contributed by atoms with Crippen LogP contribution in [0.3, 0.4) is 0 Å². The van der Waals surface area contributed by atoms with Crippen molar-refractivity contribution in [3.05, 3.63) is 24.0 Å². The number of aromatic carboxylic acids is 1. The van der Waals surface area contributed by atoms with Crippen molar-refractivity contribution >= 4 is 24.1 Å². The predicted octanol–water partition coefficient (Wildman–Crippen LogP) is 4.07. The fourth-order valence-corrected chi connectivity index (χ4v) is 4.90. The molecule has 5 nitrogen and oxygen atoms in total. The van der Waals surface area contributed by atoms with Crippen molar-refractivity contribution in [3.63, 3.8) is 0 Å². The molecule has 1 saturated carbocycles. The number of nitrogens with zero attached hydrogens (tertiary/aromatic N) is 3. The number of anilines is 1. The smallest absolute Gasteiger partial charge is 0.354 e. The maximum absolute atomic E-state index is 10.9. The van der Waals surface area contributed by atoms with Gasteiger partial charge in [0.15, 0.2) is 0 Å². The lowest BCUT2D eigenvalue weighted by Gasteiger charge is -2.43. The zero-order chi connectivity index (χ0) is 17.9. The molecule has 1 N–H and O–H groups in total. The molecule has 0 atom stereocenters. The number of carboxylic acid groups (broad SMARTS) is 1. The van der Waals surface area contributed by atoms with Gasteiger partial charge in [0, 0.05) is 19.1 Å². The van der Waals surface area contributed by atoms with Crippen LogP contribution in [0.2, 0.25) is 0 Å². The Bertz CT molecular complexity index is 604. The van der Waals surface area contributed by atoms with Crippen LogP contribution in [0.1, 0.15) is 61.9 Å². The summed E-state index contributed by atoms with van der Waals surface area (Å²) < 4.78 is 0. The Labute approximate surface area is 168 Å². The van der Waals surface area contributed by atoms with Crippen molar-refractivity contribution in [1.82, 2.24) is 9.88 Å². The van der Waals surface area contributed by atoms with Gasteiger partial charge in [-0.2, -0.15) is 0 Å². The average Bonchev–Trinajstić information content (AvgIpc) is 2.63. The summed E-state index contributed by atoms with van der Waals surface area (Å²) in [4.78, 5) is 20.1. The van der Waals surface area contributed by atoms with E-state index >= 15 is 0 Å². The standard InChI is InChI=1S/C21H31N3O2.ClH/c25-21(26)20-5-4-19(15-22-20)24-12-8-17(9-13-24)14-16-6-10-23(11-7-16)18-2-1-3-18;/h4-5,15-18H,1-3,6-14H2,(H,25,26);1H. The molecule has 6 heteroatoms. The van der Waals surface area contributed by atoms with Crippen LogP contribution in [0.5, 0.6) is 0 Å². The number of pyridine rings is 1. The molecule has 3 aliphatic rings. The van der Waals surface area contributed by atoms with Gasteiger partial charge < -0.3 is 14.9 Å². The number of hydrogen-bond acceptors (Lipinski definition) is 4. The third-order valence-corrected chi connectivity index (χ3v) is 6.85. The van der Waals surface area contributed by atoms with Crippen LogP contribution in [0.15, 0.2) is 18.3 Å². The minimum absolute atomic E-state index is 0. The molecule has 3 heterocycles. The van der Waals surface area contributed by atoms with E-state index in [1.165, 1.54) is 64.5 Å². The van der Waals surface area contributed by atoms with Gasteiger partial charge in [-0.05, 0) is 82.0 Å². The fourth-order valence-electron chi connectivity index (χ4n) is 4.90. The minimum Gasteiger partial charge on any atom is -0.477 e. The van der Waals surface area contributed by atoms with E-state index in [9.17, 15) is 4.79 Å². The van der Waals surface area contributed by atoms with E-state index in [1.54, 1.807) is 12.3 Å². The highest BCUT2D eigenvalue weighted by molar-refractivity contribution is 5.85. The van der Waals surface area contributed by atoms with Crippen molar-refractivity contribution in [3.8, 4) is 0 Å². The molecule has 0 bridgehead atoms. The SMILES string of the molecule is Cl.O=C(O)c1ccc(N2CCC(CC3CCN(C4CCC4)CC3)CC2)cn1. The van der Waals surface area contributed by atoms with Gasteiger partial charge in [-0.25, -0.2) is 9.78 Å². The largest absolute Gasteiger partial charge is 0.477 e. The lowest BCUT2D eigenvalue weighted by Crippen LogP contribution is -2.45. The monoisotopic (exact) mass is 393 g/mol. The number of piperidine rings is 2. The first-order chi connectivity index (χ1) is 12.7. The molecule has 1 aromatic rings. The first kappa shape index (κ1) is 20.4. The third-order valence-electron chi connectivity index (χ3n) is 6.85. The van der Waals surface area contributed by atoms with Crippen LogP contribution in [0, 0.1) is 11.8 Å². The van der Waals surface area contributed by atoms with Crippen LogP contribution < -0.4 is 4.90 Å². The highest BCUT2D eigenvalue weighted by Gasteiger charge is 2.30. The Morgan fingerprint density at radius 2 is 1.63 bits per heavy atom. The number of aromatic nitrogens is 1. The molecule has 2 aliphatic heterocycles. The van der Waals surface area contributed by atoms with E-state index < -0.39 is 5.97 Å². The van der Waals surface area contributed by atoms with Gasteiger partial charge in [0.2, 0.25) is 0 Å². The van der Waals surface area contributed by atoms with Crippen molar-refractivity contribution in [1.29, 1.82) is 0 Å². The Kier molecular flexibility index (Phi) is 6.99. The Hall–Kier alpha value is -1.33. The molecule has 0 amide bonds. The molecule has 0 aromatic carbocycles. The van der Waals surface area contributed by atoms with Crippen molar-refractivity contribution in [2.45, 2.75) is 57.4 Å². The van der Waals surface area contributed by atoms with Gasteiger partial charge in [-0.15, -0.1) is 12.4 Å². The summed E-state index contributed by atoms with van der Waals surface area (Å²) in [5.41, 5.74) is 1.18. The molecule has 3 fully saturated rings. The Morgan fingerprint density at radius 3 is 2.11 bits per heavy atom. The lowest BCUT2D eigenvalue weighted by atomic mass is 9.81. The van der Waals surface area contributed by atoms with Crippen LogP contribution >= 0.6 is 12.4 Å². The van der Waals surface area contributed by atoms with E-state index in [-0.39, 0.29) is 18.1 Å². The van der Waals surface area contributed by atoms with Gasteiger partial charge in [0.25, 0.3) is 0 Å². The predicted molar refractivity (Wildman–Crippen MR) is 110 cm³/mol. The molecule has 2 saturated heterocycles. The summed E-state index contributed by atoms with van der Waals surface area (Å²) in [6.45, 7) is 4.80. The third kappa shape index (κ3) is 4.94. The Morgan fingerprint density at radius 1 is 1.00 bits per heavy atom. The zero-order valence-electron chi connectivity index (χ0n) is 16.1. The summed E-state index contributed by atoms with van der Waals surface area (Å²) in [6, 6.07) is 4.42. The van der Waals surface area contributed by atoms with Crippen LogP contribution in [0.4, 0.5) is 5.69 Å². The topological polar surface area (TPSA) is 56.7 Å². The fraction of sp³-hybridized carbons (Fsp3) is 0.714. The van der Waals surface area contributed by atoms with Gasteiger partial charge in [-0.1, -0.05) is 6.42 Å². The van der Waals surface area contributed by atoms with E-state index in [0.717, 1.165) is 36.7 Å². The van der Waals surface area contributed by atoms with Gasteiger partial charge in [0.05, 0.1) is 11.9 Å². The van der Waals surface area contributed by atoms with Crippen LogP contribution in [-0.4, -0.2) is 53.2 Å². The number of hydrogen-bond donors (Lipinski definition) is 1. The van der Waals surface area contributed by atoms with Crippen molar-refractivity contribution in [2.75, 3.05) is 31.1 Å². The number of rotatable bonds is 5. The first-order valence-electron chi connectivity index (χ1n) is 10.4. The second kappa shape index (κ2) is 9.24. The summed E-state index contributed by atoms with van der Waals surface area (Å²) in [5.74, 6) is 0.829. The zero-order valence-corrected chi connectivity index (χ0v) is 16.9. The van der Waals surface area contributed by atoms with Crippen LogP contribution in [-0.2, 0) is 0 Å². The average molecular weight is 394 g/mol. The Balaban J connectivity index is 0.00000210. The summed E-state index contributed by atoms with van der Waals surface area (Å²) >= 11 is 0. The number of carboxylic acids is 1. The summed E-state index contributed by atoms with van der Waals surface area (Å²) in [7, 11) is 0. The molecule has 27 heavy (non-hydrogen) atoms. The quantitative estimate of drug-likeness (QED) is 0.817. The minimum atomic E-state index is -0.960. The summed E-state index contributed by atoms with van der Waals surface area (Å²) in [5, 5.41) is 8.96. The second-order valence-electron chi connectivity index (χ2n) is 8.44. The van der Waals surface area contributed by atoms with Crippen LogP contribution in [0.25, 0.3) is 0 Å². The lowest BCUT2D eigenvalue weighted by molar-refractivity contribution is 0.0690. The number of carbonyl (C=O) groups is 1. The molecule has 150 valence electrons. The second-order valence-corrected chi connectivity index (χ2v) is 8.44. The van der Waals surface area contributed by atoms with Gasteiger partial charge >= 0.3 is 5.97 Å². The molecular weight excluding hydrogens is 362 g/mol.